The Balaban J connectivity index is 1.49. The third kappa shape index (κ3) is 5.47. The SMILES string of the molecule is Cc1ccc(OCCNS(=O)(=O)c2ccc(OC3CCCC3)cc2)cc1C. The highest BCUT2D eigenvalue weighted by atomic mass is 32.2. The molecular formula is C21H27NO4S. The Morgan fingerprint density at radius 2 is 1.63 bits per heavy atom. The fourth-order valence-corrected chi connectivity index (χ4v) is 4.14. The van der Waals surface area contributed by atoms with Gasteiger partial charge in [0.05, 0.1) is 11.0 Å². The van der Waals surface area contributed by atoms with E-state index in [1.807, 2.05) is 32.0 Å². The Morgan fingerprint density at radius 1 is 0.963 bits per heavy atom. The Hall–Kier alpha value is -2.05. The summed E-state index contributed by atoms with van der Waals surface area (Å²) in [6.07, 6.45) is 4.80. The number of benzene rings is 2. The van der Waals surface area contributed by atoms with Crippen molar-refractivity contribution < 1.29 is 17.9 Å². The quantitative estimate of drug-likeness (QED) is 0.694. The van der Waals surface area contributed by atoms with Gasteiger partial charge in [0, 0.05) is 6.54 Å². The molecule has 0 heterocycles. The Labute approximate surface area is 161 Å². The first kappa shape index (κ1) is 19.7. The molecule has 0 amide bonds. The highest BCUT2D eigenvalue weighted by Gasteiger charge is 2.17. The van der Waals surface area contributed by atoms with Crippen LogP contribution in [0.15, 0.2) is 47.4 Å². The monoisotopic (exact) mass is 389 g/mol. The van der Waals surface area contributed by atoms with Crippen molar-refractivity contribution in [3.63, 3.8) is 0 Å². The van der Waals surface area contributed by atoms with Crippen LogP contribution in [0.25, 0.3) is 0 Å². The minimum absolute atomic E-state index is 0.204. The van der Waals surface area contributed by atoms with Crippen molar-refractivity contribution in [2.75, 3.05) is 13.2 Å². The number of hydrogen-bond donors (Lipinski definition) is 1. The normalized spacial score (nSPS) is 15.0. The average molecular weight is 390 g/mol. The number of ether oxygens (including phenoxy) is 2. The predicted octanol–water partition coefficient (Wildman–Crippen LogP) is 3.98. The van der Waals surface area contributed by atoms with Gasteiger partial charge in [0.2, 0.25) is 10.0 Å². The second kappa shape index (κ2) is 8.76. The summed E-state index contributed by atoms with van der Waals surface area (Å²) < 4.78 is 38.8. The van der Waals surface area contributed by atoms with Gasteiger partial charge in [-0.15, -0.1) is 0 Å². The van der Waals surface area contributed by atoms with Crippen molar-refractivity contribution in [2.45, 2.75) is 50.5 Å². The molecule has 0 spiro atoms. The van der Waals surface area contributed by atoms with E-state index in [9.17, 15) is 8.42 Å². The van der Waals surface area contributed by atoms with Gasteiger partial charge in [-0.25, -0.2) is 13.1 Å². The van der Waals surface area contributed by atoms with Crippen molar-refractivity contribution in [2.24, 2.45) is 0 Å². The van der Waals surface area contributed by atoms with E-state index < -0.39 is 10.0 Å². The highest BCUT2D eigenvalue weighted by Crippen LogP contribution is 2.25. The second-order valence-electron chi connectivity index (χ2n) is 6.99. The third-order valence-electron chi connectivity index (χ3n) is 4.88. The molecule has 0 unspecified atom stereocenters. The van der Waals surface area contributed by atoms with Crippen molar-refractivity contribution in [3.05, 3.63) is 53.6 Å². The lowest BCUT2D eigenvalue weighted by Gasteiger charge is -2.13. The molecule has 146 valence electrons. The Bertz CT molecular complexity index is 856. The number of rotatable bonds is 8. The maximum Gasteiger partial charge on any atom is 0.240 e. The Kier molecular flexibility index (Phi) is 6.39. The lowest BCUT2D eigenvalue weighted by molar-refractivity contribution is 0.210. The van der Waals surface area contributed by atoms with E-state index in [-0.39, 0.29) is 24.2 Å². The van der Waals surface area contributed by atoms with Gasteiger partial charge in [-0.3, -0.25) is 0 Å². The van der Waals surface area contributed by atoms with Gasteiger partial charge >= 0.3 is 0 Å². The summed E-state index contributed by atoms with van der Waals surface area (Å²) in [6.45, 7) is 4.53. The summed E-state index contributed by atoms with van der Waals surface area (Å²) in [5, 5.41) is 0. The van der Waals surface area contributed by atoms with Gasteiger partial charge in [0.15, 0.2) is 0 Å². The van der Waals surface area contributed by atoms with Crippen LogP contribution in [0.1, 0.15) is 36.8 Å². The van der Waals surface area contributed by atoms with Crippen LogP contribution in [0, 0.1) is 13.8 Å². The van der Waals surface area contributed by atoms with E-state index in [1.165, 1.54) is 18.4 Å². The summed E-state index contributed by atoms with van der Waals surface area (Å²) in [6, 6.07) is 12.4. The largest absolute Gasteiger partial charge is 0.492 e. The number of hydrogen-bond acceptors (Lipinski definition) is 4. The molecule has 0 aliphatic heterocycles. The van der Waals surface area contributed by atoms with Crippen LogP contribution < -0.4 is 14.2 Å². The molecule has 1 saturated carbocycles. The number of aryl methyl sites for hydroxylation is 2. The second-order valence-corrected chi connectivity index (χ2v) is 8.75. The van der Waals surface area contributed by atoms with Crippen LogP contribution in [0.4, 0.5) is 0 Å². The van der Waals surface area contributed by atoms with Crippen molar-refractivity contribution in [3.8, 4) is 11.5 Å². The Morgan fingerprint density at radius 3 is 2.30 bits per heavy atom. The maximum absolute atomic E-state index is 12.4. The van der Waals surface area contributed by atoms with Crippen LogP contribution in [0.3, 0.4) is 0 Å². The molecule has 0 saturated heterocycles. The molecule has 27 heavy (non-hydrogen) atoms. The van der Waals surface area contributed by atoms with E-state index in [1.54, 1.807) is 24.3 Å². The number of nitrogens with one attached hydrogen (secondary N) is 1. The van der Waals surface area contributed by atoms with E-state index in [0.717, 1.165) is 29.9 Å². The van der Waals surface area contributed by atoms with Gasteiger partial charge < -0.3 is 9.47 Å². The lowest BCUT2D eigenvalue weighted by Crippen LogP contribution is -2.28. The summed E-state index contributed by atoms with van der Waals surface area (Å²) in [7, 11) is -3.56. The zero-order valence-corrected chi connectivity index (χ0v) is 16.7. The molecule has 2 aromatic rings. The van der Waals surface area contributed by atoms with E-state index in [0.29, 0.717) is 0 Å². The molecule has 2 aromatic carbocycles. The molecule has 1 aliphatic rings. The smallest absolute Gasteiger partial charge is 0.240 e. The zero-order valence-electron chi connectivity index (χ0n) is 15.9. The summed E-state index contributed by atoms with van der Waals surface area (Å²) in [5.74, 6) is 1.46. The van der Waals surface area contributed by atoms with Gasteiger partial charge in [-0.1, -0.05) is 6.07 Å². The average Bonchev–Trinajstić information content (AvgIpc) is 3.15. The molecular weight excluding hydrogens is 362 g/mol. The fourth-order valence-electron chi connectivity index (χ4n) is 3.13. The van der Waals surface area contributed by atoms with E-state index >= 15 is 0 Å². The van der Waals surface area contributed by atoms with Crippen LogP contribution in [-0.2, 0) is 10.0 Å². The third-order valence-corrected chi connectivity index (χ3v) is 6.36. The molecule has 0 radical (unpaired) electrons. The minimum Gasteiger partial charge on any atom is -0.492 e. The van der Waals surface area contributed by atoms with Crippen LogP contribution in [0.2, 0.25) is 0 Å². The molecule has 5 nitrogen and oxygen atoms in total. The number of sulfonamides is 1. The molecule has 1 aliphatic carbocycles. The van der Waals surface area contributed by atoms with Gasteiger partial charge in [-0.05, 0) is 87.1 Å². The molecule has 1 N–H and O–H groups in total. The van der Waals surface area contributed by atoms with Crippen molar-refractivity contribution in [1.82, 2.24) is 4.72 Å². The molecule has 3 rings (SSSR count). The minimum atomic E-state index is -3.56. The molecule has 6 heteroatoms. The first-order valence-electron chi connectivity index (χ1n) is 9.40. The standard InChI is InChI=1S/C21H27NO4S/c1-16-7-8-20(15-17(16)2)25-14-13-22-27(23,24)21-11-9-19(10-12-21)26-18-5-3-4-6-18/h7-12,15,18,22H,3-6,13-14H2,1-2H3. The van der Waals surface area contributed by atoms with E-state index in [2.05, 4.69) is 4.72 Å². The molecule has 1 fully saturated rings. The first-order valence-corrected chi connectivity index (χ1v) is 10.9. The van der Waals surface area contributed by atoms with Gasteiger partial charge in [0.1, 0.15) is 18.1 Å². The van der Waals surface area contributed by atoms with Gasteiger partial charge in [0.25, 0.3) is 0 Å². The van der Waals surface area contributed by atoms with Crippen LogP contribution in [-0.4, -0.2) is 27.7 Å². The lowest BCUT2D eigenvalue weighted by atomic mass is 10.1. The van der Waals surface area contributed by atoms with Crippen molar-refractivity contribution >= 4 is 10.0 Å². The van der Waals surface area contributed by atoms with Crippen LogP contribution in [0.5, 0.6) is 11.5 Å². The first-order chi connectivity index (χ1) is 12.9. The summed E-state index contributed by atoms with van der Waals surface area (Å²) >= 11 is 0. The summed E-state index contributed by atoms with van der Waals surface area (Å²) in [4.78, 5) is 0.229. The van der Waals surface area contributed by atoms with Crippen LogP contribution >= 0.6 is 0 Å². The van der Waals surface area contributed by atoms with E-state index in [4.69, 9.17) is 9.47 Å². The predicted molar refractivity (Wildman–Crippen MR) is 106 cm³/mol. The maximum atomic E-state index is 12.4. The molecule has 0 bridgehead atoms. The highest BCUT2D eigenvalue weighted by molar-refractivity contribution is 7.89. The van der Waals surface area contributed by atoms with Gasteiger partial charge in [-0.2, -0.15) is 0 Å². The molecule has 0 atom stereocenters. The summed E-state index contributed by atoms with van der Waals surface area (Å²) in [5.41, 5.74) is 2.34. The molecule has 0 aromatic heterocycles. The topological polar surface area (TPSA) is 64.6 Å². The van der Waals surface area contributed by atoms with Crippen molar-refractivity contribution in [1.29, 1.82) is 0 Å². The zero-order chi connectivity index (χ0) is 19.3. The fraction of sp³-hybridized carbons (Fsp3) is 0.429.